The molecule has 3 heterocycles. The van der Waals surface area contributed by atoms with Crippen LogP contribution in [0, 0.1) is 6.92 Å². The van der Waals surface area contributed by atoms with Gasteiger partial charge in [-0.05, 0) is 33.9 Å². The number of benzene rings is 1. The Kier molecular flexibility index (Phi) is 6.36. The Balaban J connectivity index is 1.88. The molecule has 2 aliphatic rings. The number of methoxy groups -OCH3 is 1. The van der Waals surface area contributed by atoms with Gasteiger partial charge in [0.1, 0.15) is 33.9 Å². The number of ether oxygens (including phenoxy) is 4. The van der Waals surface area contributed by atoms with Crippen LogP contribution in [0.5, 0.6) is 0 Å². The van der Waals surface area contributed by atoms with Gasteiger partial charge in [-0.25, -0.2) is 4.98 Å². The minimum atomic E-state index is -1.28. The molecule has 8 nitrogen and oxygen atoms in total. The molecule has 6 atom stereocenters. The van der Waals surface area contributed by atoms with Gasteiger partial charge in [-0.3, -0.25) is 0 Å². The van der Waals surface area contributed by atoms with Gasteiger partial charge in [-0.1, -0.05) is 41.5 Å². The van der Waals surface area contributed by atoms with E-state index in [-0.39, 0.29) is 6.61 Å². The molecule has 2 aliphatic heterocycles. The number of halogens is 1. The lowest BCUT2D eigenvalue weighted by Gasteiger charge is -2.53. The molecular weight excluding hydrogens is 472 g/mol. The molecule has 0 aliphatic carbocycles. The number of hydrogen-bond donors (Lipinski definition) is 1. The van der Waals surface area contributed by atoms with Crippen LogP contribution in [-0.2, 0) is 24.5 Å². The Bertz CT molecular complexity index is 961. The molecule has 2 aromatic rings. The van der Waals surface area contributed by atoms with Crippen molar-refractivity contribution >= 4 is 28.6 Å². The maximum atomic E-state index is 9.59. The van der Waals surface area contributed by atoms with Crippen molar-refractivity contribution in [1.29, 1.82) is 0 Å². The maximum absolute atomic E-state index is 9.59. The molecule has 2 fully saturated rings. The Hall–Kier alpha value is -1.65. The summed E-state index contributed by atoms with van der Waals surface area (Å²) in [7, 11) is 1.53. The van der Waals surface area contributed by atoms with E-state index >= 15 is 0 Å². The van der Waals surface area contributed by atoms with Crippen LogP contribution < -0.4 is 0 Å². The highest BCUT2D eigenvalue weighted by Gasteiger charge is 2.61. The van der Waals surface area contributed by atoms with Crippen molar-refractivity contribution in [3.05, 3.63) is 74.3 Å². The molecule has 0 amide bonds. The molecular formula is C20H21BrN4O4S. The van der Waals surface area contributed by atoms with Crippen LogP contribution in [0.4, 0.5) is 0 Å². The minimum absolute atomic E-state index is 0.247. The van der Waals surface area contributed by atoms with E-state index in [0.29, 0.717) is 10.2 Å². The van der Waals surface area contributed by atoms with Crippen molar-refractivity contribution in [3.63, 3.8) is 0 Å². The number of hydrogen-bond acceptors (Lipinski definition) is 7. The smallest absolute Gasteiger partial charge is 0.184 e. The number of aromatic nitrogens is 1. The number of fused-ring (bicyclic) bond motifs is 1. The van der Waals surface area contributed by atoms with Crippen LogP contribution in [0.1, 0.15) is 23.0 Å². The van der Waals surface area contributed by atoms with Crippen molar-refractivity contribution < 1.29 is 18.9 Å². The highest BCUT2D eigenvalue weighted by atomic mass is 79.9. The lowest BCUT2D eigenvalue weighted by atomic mass is 9.76. The molecule has 1 aromatic heterocycles. The largest absolute Gasteiger partial charge is 0.377 e. The van der Waals surface area contributed by atoms with Gasteiger partial charge < -0.3 is 18.9 Å². The number of nitrogens with zero attached hydrogens (tertiary/aromatic N) is 4. The number of thiol groups is 1. The van der Waals surface area contributed by atoms with Gasteiger partial charge in [-0.2, -0.15) is 0 Å². The molecule has 158 valence electrons. The molecule has 0 bridgehead atoms. The van der Waals surface area contributed by atoms with Crippen LogP contribution in [-0.4, -0.2) is 42.4 Å². The fraction of sp³-hybridized carbons (Fsp3) is 0.450. The first kappa shape index (κ1) is 21.6. The minimum Gasteiger partial charge on any atom is -0.377 e. The van der Waals surface area contributed by atoms with E-state index in [2.05, 4.69) is 43.6 Å². The average Bonchev–Trinajstić information content (AvgIpc) is 2.76. The van der Waals surface area contributed by atoms with E-state index in [1.54, 1.807) is 6.20 Å². The normalized spacial score (nSPS) is 33.4. The number of azide groups is 1. The Morgan fingerprint density at radius 2 is 2.10 bits per heavy atom. The first-order valence-electron chi connectivity index (χ1n) is 9.38. The second kappa shape index (κ2) is 8.84. The topological polar surface area (TPSA) is 98.6 Å². The van der Waals surface area contributed by atoms with Gasteiger partial charge in [-0.15, -0.1) is 12.6 Å². The lowest BCUT2D eigenvalue weighted by Crippen LogP contribution is -2.66. The SMILES string of the molecule is CO[C@H]1[C@@H](S)O[C@@H]2COC(c3ccccc3)O[C@@H]2C1(N=[N+]=[N-])c1cc(C)cnc1Br. The summed E-state index contributed by atoms with van der Waals surface area (Å²) in [5.41, 5.74) is 10.0. The van der Waals surface area contributed by atoms with E-state index in [1.165, 1.54) is 7.11 Å². The number of aryl methyl sites for hydroxylation is 1. The Labute approximate surface area is 188 Å². The van der Waals surface area contributed by atoms with Crippen molar-refractivity contribution in [1.82, 2.24) is 4.98 Å². The summed E-state index contributed by atoms with van der Waals surface area (Å²) in [6.45, 7) is 2.17. The molecule has 2 saturated heterocycles. The molecule has 0 saturated carbocycles. The molecule has 30 heavy (non-hydrogen) atoms. The summed E-state index contributed by atoms with van der Waals surface area (Å²) in [5.74, 6) is 0. The van der Waals surface area contributed by atoms with Crippen LogP contribution in [0.15, 0.2) is 52.3 Å². The first-order valence-corrected chi connectivity index (χ1v) is 10.7. The van der Waals surface area contributed by atoms with E-state index in [9.17, 15) is 5.53 Å². The Morgan fingerprint density at radius 1 is 1.33 bits per heavy atom. The number of rotatable bonds is 4. The monoisotopic (exact) mass is 492 g/mol. The highest BCUT2D eigenvalue weighted by molar-refractivity contribution is 9.10. The summed E-state index contributed by atoms with van der Waals surface area (Å²) in [5, 5.41) is 4.28. The van der Waals surface area contributed by atoms with Crippen LogP contribution >= 0.6 is 28.6 Å². The molecule has 0 spiro atoms. The van der Waals surface area contributed by atoms with E-state index in [1.807, 2.05) is 43.3 Å². The standard InChI is InChI=1S/C20H21BrN4O4S/c1-11-8-13(17(21)23-9-11)20(24-25-22)15-14(28-19(30)16(20)26-2)10-27-18(29-15)12-6-4-3-5-7-12/h3-9,14-16,18-19,30H,10H2,1-2H3/t14-,15+,16+,18?,19-,20?/m1/s1. The van der Waals surface area contributed by atoms with Crippen molar-refractivity contribution in [3.8, 4) is 0 Å². The third-order valence-electron chi connectivity index (χ3n) is 5.40. The summed E-state index contributed by atoms with van der Waals surface area (Å²) >= 11 is 8.11. The first-order chi connectivity index (χ1) is 14.5. The van der Waals surface area contributed by atoms with Gasteiger partial charge in [0.15, 0.2) is 6.29 Å². The molecule has 10 heteroatoms. The van der Waals surface area contributed by atoms with E-state index in [4.69, 9.17) is 18.9 Å². The second-order valence-electron chi connectivity index (χ2n) is 7.22. The van der Waals surface area contributed by atoms with Gasteiger partial charge in [0.05, 0.1) is 6.61 Å². The van der Waals surface area contributed by atoms with E-state index in [0.717, 1.165) is 11.1 Å². The third-order valence-corrected chi connectivity index (χ3v) is 6.43. The van der Waals surface area contributed by atoms with Crippen LogP contribution in [0.25, 0.3) is 10.4 Å². The van der Waals surface area contributed by atoms with Crippen molar-refractivity contribution in [2.24, 2.45) is 5.11 Å². The predicted octanol–water partition coefficient (Wildman–Crippen LogP) is 4.44. The summed E-state index contributed by atoms with van der Waals surface area (Å²) in [6, 6.07) is 11.5. The lowest BCUT2D eigenvalue weighted by molar-refractivity contribution is -0.317. The molecule has 0 radical (unpaired) electrons. The Morgan fingerprint density at radius 3 is 2.80 bits per heavy atom. The quantitative estimate of drug-likeness (QED) is 0.223. The zero-order valence-electron chi connectivity index (χ0n) is 16.4. The molecule has 2 unspecified atom stereocenters. The second-order valence-corrected chi connectivity index (χ2v) is 8.48. The fourth-order valence-electron chi connectivity index (χ4n) is 4.12. The molecule has 4 rings (SSSR count). The van der Waals surface area contributed by atoms with Crippen molar-refractivity contribution in [2.45, 2.75) is 42.5 Å². The van der Waals surface area contributed by atoms with Gasteiger partial charge in [0, 0.05) is 29.3 Å². The van der Waals surface area contributed by atoms with E-state index < -0.39 is 35.6 Å². The zero-order chi connectivity index (χ0) is 21.3. The van der Waals surface area contributed by atoms with Crippen molar-refractivity contribution in [2.75, 3.05) is 13.7 Å². The van der Waals surface area contributed by atoms with Gasteiger partial charge in [0.25, 0.3) is 0 Å². The molecule has 1 aromatic carbocycles. The number of pyridine rings is 1. The maximum Gasteiger partial charge on any atom is 0.184 e. The highest BCUT2D eigenvalue weighted by Crippen LogP contribution is 2.50. The zero-order valence-corrected chi connectivity index (χ0v) is 18.9. The van der Waals surface area contributed by atoms with Gasteiger partial charge >= 0.3 is 0 Å². The predicted molar refractivity (Wildman–Crippen MR) is 116 cm³/mol. The third kappa shape index (κ3) is 3.62. The summed E-state index contributed by atoms with van der Waals surface area (Å²) < 4.78 is 24.7. The van der Waals surface area contributed by atoms with Crippen LogP contribution in [0.3, 0.4) is 0 Å². The van der Waals surface area contributed by atoms with Gasteiger partial charge in [0.2, 0.25) is 0 Å². The summed E-state index contributed by atoms with van der Waals surface area (Å²) in [6.07, 6.45) is -0.856. The summed E-state index contributed by atoms with van der Waals surface area (Å²) in [4.78, 5) is 7.60. The molecule has 0 N–H and O–H groups in total. The average molecular weight is 493 g/mol. The van der Waals surface area contributed by atoms with Crippen LogP contribution in [0.2, 0.25) is 0 Å². The fourth-order valence-corrected chi connectivity index (χ4v) is 5.16.